The van der Waals surface area contributed by atoms with Gasteiger partial charge in [0, 0.05) is 24.9 Å². The van der Waals surface area contributed by atoms with Gasteiger partial charge in [0.15, 0.2) is 5.82 Å². The first-order valence-electron chi connectivity index (χ1n) is 9.16. The van der Waals surface area contributed by atoms with Crippen molar-refractivity contribution in [2.24, 2.45) is 23.5 Å². The molecule has 2 heterocycles. The maximum absolute atomic E-state index is 12.6. The zero-order chi connectivity index (χ0) is 15.8. The standard InChI is InChI=1S/C17H27N5O.2ClH/c18-16-11-4-3-5-12(16)9-13(8-11)17(23)19-10-15-21-20-14-6-1-2-7-22(14)15;;/h11-13,16H,1-10,18H2,(H,19,23);2*1H. The molecular weight excluding hydrogens is 361 g/mol. The number of rotatable bonds is 3. The molecule has 1 aromatic heterocycles. The first-order chi connectivity index (χ1) is 11.2. The summed E-state index contributed by atoms with van der Waals surface area (Å²) < 4.78 is 2.18. The predicted octanol–water partition coefficient (Wildman–Crippen LogP) is 2.23. The Labute approximate surface area is 161 Å². The van der Waals surface area contributed by atoms with Gasteiger partial charge in [0.1, 0.15) is 5.82 Å². The van der Waals surface area contributed by atoms with Crippen LogP contribution in [-0.2, 0) is 24.3 Å². The summed E-state index contributed by atoms with van der Waals surface area (Å²) in [4.78, 5) is 12.6. The van der Waals surface area contributed by atoms with Gasteiger partial charge in [-0.2, -0.15) is 0 Å². The summed E-state index contributed by atoms with van der Waals surface area (Å²) >= 11 is 0. The van der Waals surface area contributed by atoms with E-state index in [4.69, 9.17) is 5.73 Å². The second kappa shape index (κ2) is 8.69. The van der Waals surface area contributed by atoms with Crippen molar-refractivity contribution in [3.8, 4) is 0 Å². The number of carbonyl (C=O) groups is 1. The topological polar surface area (TPSA) is 85.8 Å². The van der Waals surface area contributed by atoms with Crippen LogP contribution in [-0.4, -0.2) is 26.7 Å². The van der Waals surface area contributed by atoms with E-state index in [2.05, 4.69) is 20.1 Å². The molecule has 2 atom stereocenters. The zero-order valence-corrected chi connectivity index (χ0v) is 16.2. The van der Waals surface area contributed by atoms with Crippen LogP contribution in [0.3, 0.4) is 0 Å². The van der Waals surface area contributed by atoms with Gasteiger partial charge in [-0.15, -0.1) is 35.0 Å². The van der Waals surface area contributed by atoms with Gasteiger partial charge in [-0.3, -0.25) is 4.79 Å². The molecule has 0 radical (unpaired) electrons. The van der Waals surface area contributed by atoms with Crippen LogP contribution in [0.2, 0.25) is 0 Å². The second-order valence-corrected chi connectivity index (χ2v) is 7.56. The Morgan fingerprint density at radius 3 is 2.56 bits per heavy atom. The van der Waals surface area contributed by atoms with Crippen molar-refractivity contribution in [3.63, 3.8) is 0 Å². The number of nitrogens with two attached hydrogens (primary N) is 1. The molecule has 0 aromatic carbocycles. The molecule has 0 saturated heterocycles. The zero-order valence-electron chi connectivity index (χ0n) is 14.5. The number of hydrogen-bond donors (Lipinski definition) is 2. The first kappa shape index (κ1) is 20.5. The SMILES string of the molecule is Cl.Cl.NC1C2CCCC1CC(C(=O)NCc1nnc3n1CCCC3)C2. The quantitative estimate of drug-likeness (QED) is 0.829. The fourth-order valence-electron chi connectivity index (χ4n) is 4.81. The number of hydrogen-bond acceptors (Lipinski definition) is 4. The van der Waals surface area contributed by atoms with Gasteiger partial charge in [0.2, 0.25) is 5.91 Å². The van der Waals surface area contributed by atoms with Crippen molar-refractivity contribution >= 4 is 30.7 Å². The first-order valence-corrected chi connectivity index (χ1v) is 9.16. The predicted molar refractivity (Wildman–Crippen MR) is 101 cm³/mol. The van der Waals surface area contributed by atoms with Crippen LogP contribution in [0.1, 0.15) is 56.6 Å². The molecule has 1 amide bonds. The summed E-state index contributed by atoms with van der Waals surface area (Å²) in [7, 11) is 0. The summed E-state index contributed by atoms with van der Waals surface area (Å²) in [6, 6.07) is 0.316. The summed E-state index contributed by atoms with van der Waals surface area (Å²) in [6.45, 7) is 1.49. The number of amides is 1. The number of fused-ring (bicyclic) bond motifs is 3. The normalized spacial score (nSPS) is 30.4. The number of aromatic nitrogens is 3. The van der Waals surface area contributed by atoms with Gasteiger partial charge in [0.25, 0.3) is 0 Å². The Morgan fingerprint density at radius 1 is 1.12 bits per heavy atom. The van der Waals surface area contributed by atoms with Crippen LogP contribution in [0.4, 0.5) is 0 Å². The lowest BCUT2D eigenvalue weighted by molar-refractivity contribution is -0.128. The number of nitrogens with one attached hydrogen (secondary N) is 1. The molecule has 1 aromatic rings. The van der Waals surface area contributed by atoms with Gasteiger partial charge in [0.05, 0.1) is 6.54 Å². The van der Waals surface area contributed by atoms with Crippen molar-refractivity contribution in [2.75, 3.05) is 0 Å². The van der Waals surface area contributed by atoms with Gasteiger partial charge in [-0.25, -0.2) is 0 Å². The molecule has 4 rings (SSSR count). The lowest BCUT2D eigenvalue weighted by atomic mass is 9.65. The summed E-state index contributed by atoms with van der Waals surface area (Å²) in [5, 5.41) is 11.6. The Balaban J connectivity index is 0.00000113. The van der Waals surface area contributed by atoms with Crippen molar-refractivity contribution in [2.45, 2.75) is 70.5 Å². The van der Waals surface area contributed by atoms with Crippen molar-refractivity contribution in [3.05, 3.63) is 11.6 Å². The van der Waals surface area contributed by atoms with E-state index in [0.717, 1.165) is 37.5 Å². The van der Waals surface area contributed by atoms with Crippen molar-refractivity contribution in [1.82, 2.24) is 20.1 Å². The molecule has 8 heteroatoms. The van der Waals surface area contributed by atoms with Crippen molar-refractivity contribution in [1.29, 1.82) is 0 Å². The van der Waals surface area contributed by atoms with Crippen LogP contribution in [0, 0.1) is 17.8 Å². The Bertz CT molecular complexity index is 580. The van der Waals surface area contributed by atoms with Gasteiger partial charge in [-0.1, -0.05) is 6.42 Å². The lowest BCUT2D eigenvalue weighted by Crippen LogP contribution is -2.49. The minimum Gasteiger partial charge on any atom is -0.349 e. The molecule has 0 spiro atoms. The molecule has 2 aliphatic carbocycles. The van der Waals surface area contributed by atoms with Crippen LogP contribution in [0.15, 0.2) is 0 Å². The summed E-state index contributed by atoms with van der Waals surface area (Å²) in [6.07, 6.45) is 8.96. The maximum atomic E-state index is 12.6. The molecule has 3 N–H and O–H groups in total. The molecule has 2 bridgehead atoms. The fraction of sp³-hybridized carbons (Fsp3) is 0.824. The highest BCUT2D eigenvalue weighted by atomic mass is 35.5. The smallest absolute Gasteiger partial charge is 0.223 e. The molecule has 6 nitrogen and oxygen atoms in total. The number of carbonyl (C=O) groups excluding carboxylic acids is 1. The molecule has 25 heavy (non-hydrogen) atoms. The molecule has 2 fully saturated rings. The highest BCUT2D eigenvalue weighted by molar-refractivity contribution is 5.85. The van der Waals surface area contributed by atoms with E-state index >= 15 is 0 Å². The third-order valence-electron chi connectivity index (χ3n) is 6.14. The molecule has 142 valence electrons. The van der Waals surface area contributed by atoms with E-state index < -0.39 is 0 Å². The lowest BCUT2D eigenvalue weighted by Gasteiger charge is -2.43. The minimum absolute atomic E-state index is 0. The van der Waals surface area contributed by atoms with Crippen LogP contribution in [0.5, 0.6) is 0 Å². The fourth-order valence-corrected chi connectivity index (χ4v) is 4.81. The van der Waals surface area contributed by atoms with Gasteiger partial charge in [-0.05, 0) is 50.4 Å². The third-order valence-corrected chi connectivity index (χ3v) is 6.14. The van der Waals surface area contributed by atoms with Crippen LogP contribution >= 0.6 is 24.8 Å². The van der Waals surface area contributed by atoms with Crippen LogP contribution < -0.4 is 11.1 Å². The Hall–Kier alpha value is -0.850. The van der Waals surface area contributed by atoms with Crippen LogP contribution in [0.25, 0.3) is 0 Å². The average molecular weight is 390 g/mol. The van der Waals surface area contributed by atoms with Gasteiger partial charge >= 0.3 is 0 Å². The van der Waals surface area contributed by atoms with E-state index in [-0.39, 0.29) is 36.6 Å². The van der Waals surface area contributed by atoms with Gasteiger partial charge < -0.3 is 15.6 Å². The number of aryl methyl sites for hydroxylation is 1. The Kier molecular flexibility index (Phi) is 7.11. The molecule has 2 unspecified atom stereocenters. The number of halogens is 2. The molecule has 3 aliphatic rings. The van der Waals surface area contributed by atoms with E-state index in [1.807, 2.05) is 0 Å². The van der Waals surface area contributed by atoms with E-state index in [1.165, 1.54) is 32.1 Å². The molecule has 2 saturated carbocycles. The van der Waals surface area contributed by atoms with E-state index in [1.54, 1.807) is 0 Å². The second-order valence-electron chi connectivity index (χ2n) is 7.56. The highest BCUT2D eigenvalue weighted by Crippen LogP contribution is 2.41. The summed E-state index contributed by atoms with van der Waals surface area (Å²) in [5.41, 5.74) is 6.32. The van der Waals surface area contributed by atoms with E-state index in [0.29, 0.717) is 24.4 Å². The average Bonchev–Trinajstić information content (AvgIpc) is 2.95. The highest BCUT2D eigenvalue weighted by Gasteiger charge is 2.40. The maximum Gasteiger partial charge on any atom is 0.223 e. The number of nitrogens with zero attached hydrogens (tertiary/aromatic N) is 3. The minimum atomic E-state index is 0. The summed E-state index contributed by atoms with van der Waals surface area (Å²) in [5.74, 6) is 3.37. The largest absolute Gasteiger partial charge is 0.349 e. The molecular formula is C17H29Cl2N5O. The third kappa shape index (κ3) is 4.12. The van der Waals surface area contributed by atoms with Crippen molar-refractivity contribution < 1.29 is 4.79 Å². The monoisotopic (exact) mass is 389 g/mol. The van der Waals surface area contributed by atoms with E-state index in [9.17, 15) is 4.79 Å². The Morgan fingerprint density at radius 2 is 1.84 bits per heavy atom. The molecule has 1 aliphatic heterocycles.